The highest BCUT2D eigenvalue weighted by molar-refractivity contribution is 5.10. The maximum Gasteiger partial charge on any atom is 0.0635 e. The second-order valence-electron chi connectivity index (χ2n) is 4.58. The summed E-state index contributed by atoms with van der Waals surface area (Å²) < 4.78 is 1.95. The molecule has 0 amide bonds. The van der Waals surface area contributed by atoms with E-state index in [2.05, 4.69) is 42.9 Å². The third-order valence-corrected chi connectivity index (χ3v) is 3.00. The van der Waals surface area contributed by atoms with E-state index in [1.807, 2.05) is 11.7 Å². The van der Waals surface area contributed by atoms with E-state index in [0.29, 0.717) is 12.5 Å². The summed E-state index contributed by atoms with van der Waals surface area (Å²) in [6.07, 6.45) is 1.55. The van der Waals surface area contributed by atoms with E-state index < -0.39 is 0 Å². The number of rotatable bonds is 6. The summed E-state index contributed by atoms with van der Waals surface area (Å²) in [5, 5.41) is 13.1. The van der Waals surface area contributed by atoms with Gasteiger partial charge in [0.1, 0.15) is 0 Å². The first-order valence-corrected chi connectivity index (χ1v) is 6.21. The average Bonchev–Trinajstić information content (AvgIpc) is 2.65. The topological polar surface area (TPSA) is 44.9 Å². The highest BCUT2D eigenvalue weighted by atomic mass is 15.3. The summed E-state index contributed by atoms with van der Waals surface area (Å²) in [5.41, 5.74) is 2.35. The molecule has 1 aromatic heterocycles. The zero-order valence-corrected chi connectivity index (χ0v) is 11.3. The van der Waals surface area contributed by atoms with E-state index in [9.17, 15) is 0 Å². The fourth-order valence-electron chi connectivity index (χ4n) is 1.81. The van der Waals surface area contributed by atoms with Crippen LogP contribution in [0.1, 0.15) is 38.6 Å². The molecule has 0 unspecified atom stereocenters. The molecule has 0 radical (unpaired) electrons. The van der Waals surface area contributed by atoms with Crippen molar-refractivity contribution in [2.75, 3.05) is 6.54 Å². The zero-order chi connectivity index (χ0) is 12.8. The van der Waals surface area contributed by atoms with Crippen LogP contribution < -0.4 is 0 Å². The van der Waals surface area contributed by atoms with E-state index in [0.717, 1.165) is 25.2 Å². The predicted octanol–water partition coefficient (Wildman–Crippen LogP) is 2.11. The first-order valence-electron chi connectivity index (χ1n) is 6.21. The molecule has 0 atom stereocenters. The number of nitriles is 1. The third kappa shape index (κ3) is 3.86. The monoisotopic (exact) mass is 234 g/mol. The highest BCUT2D eigenvalue weighted by Gasteiger charge is 2.12. The van der Waals surface area contributed by atoms with Crippen LogP contribution in [0, 0.1) is 11.3 Å². The van der Waals surface area contributed by atoms with Gasteiger partial charge < -0.3 is 0 Å². The Morgan fingerprint density at radius 2 is 2.24 bits per heavy atom. The Balaban J connectivity index is 2.71. The number of aromatic nitrogens is 2. The summed E-state index contributed by atoms with van der Waals surface area (Å²) >= 11 is 0. The lowest BCUT2D eigenvalue weighted by molar-refractivity contribution is 0.212. The SMILES string of the molecule is CCc1cc(CN(CCC#N)C(C)C)n(C)n1. The quantitative estimate of drug-likeness (QED) is 0.757. The minimum Gasteiger partial charge on any atom is -0.294 e. The summed E-state index contributed by atoms with van der Waals surface area (Å²) in [6.45, 7) is 8.12. The van der Waals surface area contributed by atoms with E-state index >= 15 is 0 Å². The van der Waals surface area contributed by atoms with Crippen molar-refractivity contribution >= 4 is 0 Å². The van der Waals surface area contributed by atoms with Gasteiger partial charge in [0.05, 0.1) is 17.5 Å². The van der Waals surface area contributed by atoms with Crippen LogP contribution in [0.15, 0.2) is 6.07 Å². The van der Waals surface area contributed by atoms with Gasteiger partial charge in [-0.3, -0.25) is 9.58 Å². The zero-order valence-electron chi connectivity index (χ0n) is 11.3. The molecule has 0 aliphatic rings. The van der Waals surface area contributed by atoms with Crippen LogP contribution in [-0.4, -0.2) is 27.3 Å². The minimum atomic E-state index is 0.448. The summed E-state index contributed by atoms with van der Waals surface area (Å²) in [4.78, 5) is 2.31. The molecule has 1 heterocycles. The molecular weight excluding hydrogens is 212 g/mol. The Bertz CT molecular complexity index is 387. The van der Waals surface area contributed by atoms with Crippen LogP contribution in [0.4, 0.5) is 0 Å². The number of hydrogen-bond donors (Lipinski definition) is 0. The lowest BCUT2D eigenvalue weighted by Gasteiger charge is -2.25. The number of hydrogen-bond acceptors (Lipinski definition) is 3. The second kappa shape index (κ2) is 6.41. The maximum absolute atomic E-state index is 8.67. The summed E-state index contributed by atoms with van der Waals surface area (Å²) in [7, 11) is 1.98. The van der Waals surface area contributed by atoms with Crippen molar-refractivity contribution < 1.29 is 0 Å². The largest absolute Gasteiger partial charge is 0.294 e. The molecule has 0 fully saturated rings. The van der Waals surface area contributed by atoms with Crippen molar-refractivity contribution in [3.63, 3.8) is 0 Å². The minimum absolute atomic E-state index is 0.448. The number of nitrogens with zero attached hydrogens (tertiary/aromatic N) is 4. The van der Waals surface area contributed by atoms with E-state index in [4.69, 9.17) is 5.26 Å². The van der Waals surface area contributed by atoms with Crippen molar-refractivity contribution in [2.45, 2.75) is 46.2 Å². The van der Waals surface area contributed by atoms with Crippen molar-refractivity contribution in [2.24, 2.45) is 7.05 Å². The molecule has 0 N–H and O–H groups in total. The van der Waals surface area contributed by atoms with Crippen LogP contribution >= 0.6 is 0 Å². The van der Waals surface area contributed by atoms with Crippen molar-refractivity contribution in [1.29, 1.82) is 5.26 Å². The Hall–Kier alpha value is -1.34. The van der Waals surface area contributed by atoms with Crippen molar-refractivity contribution in [3.8, 4) is 6.07 Å². The lowest BCUT2D eigenvalue weighted by Crippen LogP contribution is -2.31. The van der Waals surface area contributed by atoms with Crippen molar-refractivity contribution in [1.82, 2.24) is 14.7 Å². The summed E-state index contributed by atoms with van der Waals surface area (Å²) in [5.74, 6) is 0. The third-order valence-electron chi connectivity index (χ3n) is 3.00. The fraction of sp³-hybridized carbons (Fsp3) is 0.692. The number of aryl methyl sites for hydroxylation is 2. The van der Waals surface area contributed by atoms with Gasteiger partial charge in [0.2, 0.25) is 0 Å². The molecular formula is C13H22N4. The molecule has 1 aromatic rings. The van der Waals surface area contributed by atoms with Gasteiger partial charge in [-0.15, -0.1) is 0 Å². The van der Waals surface area contributed by atoms with Gasteiger partial charge in [0, 0.05) is 32.6 Å². The van der Waals surface area contributed by atoms with Gasteiger partial charge >= 0.3 is 0 Å². The molecule has 0 aliphatic heterocycles. The van der Waals surface area contributed by atoms with E-state index in [-0.39, 0.29) is 0 Å². The first kappa shape index (κ1) is 13.7. The van der Waals surface area contributed by atoms with Gasteiger partial charge in [-0.25, -0.2) is 0 Å². The molecule has 0 aliphatic carbocycles. The molecule has 0 saturated carbocycles. The molecule has 0 bridgehead atoms. The Morgan fingerprint density at radius 1 is 1.53 bits per heavy atom. The molecule has 94 valence electrons. The Kier molecular flexibility index (Phi) is 5.17. The van der Waals surface area contributed by atoms with Crippen LogP contribution in [0.25, 0.3) is 0 Å². The van der Waals surface area contributed by atoms with Gasteiger partial charge in [0.15, 0.2) is 0 Å². The van der Waals surface area contributed by atoms with Crippen LogP contribution in [0.2, 0.25) is 0 Å². The Labute approximate surface area is 104 Å². The highest BCUT2D eigenvalue weighted by Crippen LogP contribution is 2.10. The van der Waals surface area contributed by atoms with Crippen LogP contribution in [-0.2, 0) is 20.0 Å². The molecule has 4 nitrogen and oxygen atoms in total. The maximum atomic E-state index is 8.67. The van der Waals surface area contributed by atoms with Gasteiger partial charge in [-0.2, -0.15) is 10.4 Å². The predicted molar refractivity (Wildman–Crippen MR) is 68.4 cm³/mol. The molecule has 17 heavy (non-hydrogen) atoms. The molecule has 1 rings (SSSR count). The normalized spacial score (nSPS) is 11.1. The second-order valence-corrected chi connectivity index (χ2v) is 4.58. The van der Waals surface area contributed by atoms with Crippen molar-refractivity contribution in [3.05, 3.63) is 17.5 Å². The average molecular weight is 234 g/mol. The lowest BCUT2D eigenvalue weighted by atomic mass is 10.2. The van der Waals surface area contributed by atoms with E-state index in [1.54, 1.807) is 0 Å². The van der Waals surface area contributed by atoms with Crippen LogP contribution in [0.3, 0.4) is 0 Å². The van der Waals surface area contributed by atoms with E-state index in [1.165, 1.54) is 5.69 Å². The van der Waals surface area contributed by atoms with Gasteiger partial charge in [0.25, 0.3) is 0 Å². The van der Waals surface area contributed by atoms with Gasteiger partial charge in [-0.1, -0.05) is 6.92 Å². The Morgan fingerprint density at radius 3 is 2.71 bits per heavy atom. The molecule has 4 heteroatoms. The fourth-order valence-corrected chi connectivity index (χ4v) is 1.81. The molecule has 0 aromatic carbocycles. The summed E-state index contributed by atoms with van der Waals surface area (Å²) in [6, 6.07) is 4.81. The van der Waals surface area contributed by atoms with Gasteiger partial charge in [-0.05, 0) is 26.3 Å². The molecule has 0 saturated heterocycles. The smallest absolute Gasteiger partial charge is 0.0635 e. The van der Waals surface area contributed by atoms with Crippen LogP contribution in [0.5, 0.6) is 0 Å². The first-order chi connectivity index (χ1) is 8.08. The standard InChI is InChI=1S/C13H22N4/c1-5-12-9-13(16(4)15-12)10-17(11(2)3)8-6-7-14/h9,11H,5-6,8,10H2,1-4H3. The molecule has 0 spiro atoms.